The molecule has 1 aliphatic rings. The van der Waals surface area contributed by atoms with Crippen LogP contribution in [0.5, 0.6) is 0 Å². The molecule has 0 fully saturated rings. The van der Waals surface area contributed by atoms with E-state index < -0.39 is 6.04 Å². The molecule has 0 bridgehead atoms. The van der Waals surface area contributed by atoms with Crippen LogP contribution in [0.3, 0.4) is 0 Å². The number of halogens is 1. The van der Waals surface area contributed by atoms with Gasteiger partial charge in [-0.3, -0.25) is 19.3 Å². The van der Waals surface area contributed by atoms with Gasteiger partial charge in [0.15, 0.2) is 11.6 Å². The number of fused-ring (bicyclic) bond motifs is 2. The van der Waals surface area contributed by atoms with Crippen molar-refractivity contribution >= 4 is 34.2 Å². The Hall–Kier alpha value is -2.77. The van der Waals surface area contributed by atoms with Gasteiger partial charge in [0.05, 0.1) is 16.1 Å². The van der Waals surface area contributed by atoms with E-state index >= 15 is 0 Å². The maximum Gasteiger partial charge on any atom is 0.260 e. The van der Waals surface area contributed by atoms with E-state index in [1.165, 1.54) is 6.20 Å². The molecule has 2 N–H and O–H groups in total. The van der Waals surface area contributed by atoms with Crippen molar-refractivity contribution in [3.05, 3.63) is 50.9 Å². The number of aromatic amines is 2. The fourth-order valence-electron chi connectivity index (χ4n) is 3.14. The fourth-order valence-corrected chi connectivity index (χ4v) is 3.38. The summed E-state index contributed by atoms with van der Waals surface area (Å²) in [5.74, 6) is -0.194. The van der Waals surface area contributed by atoms with E-state index in [2.05, 4.69) is 15.0 Å². The molecule has 7 nitrogen and oxygen atoms in total. The SMILES string of the molecule is CN(C)C1C(=O)c2cc3nc(-c4c(Cl)cc[nH]c4=O)[nH]c3cc2C1=O. The molecule has 1 aromatic carbocycles. The summed E-state index contributed by atoms with van der Waals surface area (Å²) in [6, 6.07) is 3.95. The Labute approximate surface area is 146 Å². The number of carbonyl (C=O) groups excluding carboxylic acids is 2. The number of nitrogens with zero attached hydrogens (tertiary/aromatic N) is 2. The Bertz CT molecular complexity index is 1060. The Morgan fingerprint density at radius 3 is 2.44 bits per heavy atom. The van der Waals surface area contributed by atoms with Crippen molar-refractivity contribution in [2.75, 3.05) is 14.1 Å². The van der Waals surface area contributed by atoms with Crippen LogP contribution in [0.1, 0.15) is 20.7 Å². The molecule has 2 aromatic heterocycles. The number of H-pyrrole nitrogens is 2. The predicted octanol–water partition coefficient (Wildman–Crippen LogP) is 1.88. The number of pyridine rings is 1. The van der Waals surface area contributed by atoms with E-state index in [9.17, 15) is 14.4 Å². The van der Waals surface area contributed by atoms with Crippen LogP contribution in [0.4, 0.5) is 0 Å². The molecular weight excluding hydrogens is 344 g/mol. The number of ketones is 2. The van der Waals surface area contributed by atoms with Crippen molar-refractivity contribution in [3.8, 4) is 11.4 Å². The molecule has 0 radical (unpaired) electrons. The van der Waals surface area contributed by atoms with Crippen molar-refractivity contribution in [1.82, 2.24) is 19.9 Å². The van der Waals surface area contributed by atoms with Gasteiger partial charge in [-0.05, 0) is 32.3 Å². The summed E-state index contributed by atoms with van der Waals surface area (Å²) in [6.45, 7) is 0. The first-order valence-corrected chi connectivity index (χ1v) is 7.92. The van der Waals surface area contributed by atoms with Gasteiger partial charge in [0.2, 0.25) is 0 Å². The smallest absolute Gasteiger partial charge is 0.260 e. The highest BCUT2D eigenvalue weighted by molar-refractivity contribution is 6.33. The normalized spacial score (nSPS) is 14.7. The summed E-state index contributed by atoms with van der Waals surface area (Å²) in [4.78, 5) is 48.6. The number of aromatic nitrogens is 3. The topological polar surface area (TPSA) is 98.9 Å². The van der Waals surface area contributed by atoms with Gasteiger partial charge in [-0.15, -0.1) is 0 Å². The monoisotopic (exact) mass is 356 g/mol. The van der Waals surface area contributed by atoms with Crippen LogP contribution in [0.2, 0.25) is 5.02 Å². The van der Waals surface area contributed by atoms with Crippen molar-refractivity contribution in [2.45, 2.75) is 6.04 Å². The highest BCUT2D eigenvalue weighted by atomic mass is 35.5. The van der Waals surface area contributed by atoms with E-state index in [4.69, 9.17) is 11.6 Å². The summed E-state index contributed by atoms with van der Waals surface area (Å²) >= 11 is 6.10. The Kier molecular flexibility index (Phi) is 3.38. The number of imidazole rings is 1. The van der Waals surface area contributed by atoms with Gasteiger partial charge in [0.25, 0.3) is 5.56 Å². The average Bonchev–Trinajstić information content (AvgIpc) is 3.04. The number of hydrogen-bond acceptors (Lipinski definition) is 5. The van der Waals surface area contributed by atoms with Gasteiger partial charge in [-0.2, -0.15) is 0 Å². The zero-order chi connectivity index (χ0) is 17.9. The molecule has 1 unspecified atom stereocenters. The number of carbonyl (C=O) groups is 2. The molecule has 25 heavy (non-hydrogen) atoms. The van der Waals surface area contributed by atoms with Crippen LogP contribution in [0, 0.1) is 0 Å². The number of hydrogen-bond donors (Lipinski definition) is 2. The number of likely N-dealkylation sites (N-methyl/N-ethyl adjacent to an activating group) is 1. The third-order valence-corrected chi connectivity index (χ3v) is 4.63. The zero-order valence-corrected chi connectivity index (χ0v) is 14.1. The first-order valence-electron chi connectivity index (χ1n) is 7.54. The molecule has 8 heteroatoms. The molecule has 4 rings (SSSR count). The maximum atomic E-state index is 12.5. The molecule has 126 valence electrons. The first kappa shape index (κ1) is 15.7. The van der Waals surface area contributed by atoms with Gasteiger partial charge in [0.1, 0.15) is 17.4 Å². The molecule has 0 aliphatic heterocycles. The summed E-state index contributed by atoms with van der Waals surface area (Å²) in [5.41, 5.74) is 1.60. The second kappa shape index (κ2) is 5.37. The van der Waals surface area contributed by atoms with Crippen LogP contribution < -0.4 is 5.56 Å². The third-order valence-electron chi connectivity index (χ3n) is 4.31. The number of nitrogens with one attached hydrogen (secondary N) is 2. The van der Waals surface area contributed by atoms with Gasteiger partial charge < -0.3 is 9.97 Å². The Balaban J connectivity index is 1.91. The fraction of sp³-hybridized carbons (Fsp3) is 0.176. The third kappa shape index (κ3) is 2.24. The van der Waals surface area contributed by atoms with Crippen LogP contribution in [-0.4, -0.2) is 51.6 Å². The van der Waals surface area contributed by atoms with E-state index in [0.29, 0.717) is 22.2 Å². The van der Waals surface area contributed by atoms with Crippen LogP contribution >= 0.6 is 11.6 Å². The lowest BCUT2D eigenvalue weighted by molar-refractivity contribution is 0.0790. The van der Waals surface area contributed by atoms with E-state index in [0.717, 1.165) is 0 Å². The standard InChI is InChI=1S/C17H13ClN4O3/c1-22(2)13-14(23)7-5-10-11(6-8(7)15(13)24)21-16(20-10)12-9(18)3-4-19-17(12)25/h3-6,13H,1-2H3,(H,19,25)(H,20,21). The lowest BCUT2D eigenvalue weighted by Gasteiger charge is -2.14. The molecule has 0 saturated heterocycles. The minimum atomic E-state index is -0.799. The van der Waals surface area contributed by atoms with Crippen LogP contribution in [-0.2, 0) is 0 Å². The molecule has 1 atom stereocenters. The summed E-state index contributed by atoms with van der Waals surface area (Å²) < 4.78 is 0. The number of benzene rings is 1. The van der Waals surface area contributed by atoms with E-state index in [1.807, 2.05) is 0 Å². The van der Waals surface area contributed by atoms with Crippen molar-refractivity contribution in [1.29, 1.82) is 0 Å². The second-order valence-electron chi connectivity index (χ2n) is 6.12. The average molecular weight is 357 g/mol. The van der Waals surface area contributed by atoms with Gasteiger partial charge >= 0.3 is 0 Å². The van der Waals surface area contributed by atoms with Crippen LogP contribution in [0.15, 0.2) is 29.2 Å². The van der Waals surface area contributed by atoms with Gasteiger partial charge in [0, 0.05) is 17.3 Å². The Morgan fingerprint density at radius 2 is 1.80 bits per heavy atom. The lowest BCUT2D eigenvalue weighted by atomic mass is 10.1. The summed E-state index contributed by atoms with van der Waals surface area (Å²) in [7, 11) is 3.39. The van der Waals surface area contributed by atoms with Crippen molar-refractivity contribution in [2.24, 2.45) is 0 Å². The predicted molar refractivity (Wildman–Crippen MR) is 93.3 cm³/mol. The molecule has 0 amide bonds. The molecule has 1 aliphatic carbocycles. The molecule has 0 spiro atoms. The van der Waals surface area contributed by atoms with Crippen molar-refractivity contribution in [3.63, 3.8) is 0 Å². The zero-order valence-electron chi connectivity index (χ0n) is 13.4. The van der Waals surface area contributed by atoms with Crippen molar-refractivity contribution < 1.29 is 9.59 Å². The largest absolute Gasteiger partial charge is 0.338 e. The van der Waals surface area contributed by atoms with E-state index in [1.54, 1.807) is 37.2 Å². The molecule has 2 heterocycles. The molecule has 0 saturated carbocycles. The maximum absolute atomic E-state index is 12.5. The van der Waals surface area contributed by atoms with Gasteiger partial charge in [-0.1, -0.05) is 11.6 Å². The quantitative estimate of drug-likeness (QED) is 0.683. The van der Waals surface area contributed by atoms with Gasteiger partial charge in [-0.25, -0.2) is 4.98 Å². The minimum Gasteiger partial charge on any atom is -0.338 e. The second-order valence-corrected chi connectivity index (χ2v) is 6.53. The highest BCUT2D eigenvalue weighted by Crippen LogP contribution is 2.30. The highest BCUT2D eigenvalue weighted by Gasteiger charge is 2.40. The first-order chi connectivity index (χ1) is 11.9. The lowest BCUT2D eigenvalue weighted by Crippen LogP contribution is -2.37. The summed E-state index contributed by atoms with van der Waals surface area (Å²) in [6.07, 6.45) is 1.45. The van der Waals surface area contributed by atoms with E-state index in [-0.39, 0.29) is 33.5 Å². The molecular formula is C17H13ClN4O3. The molecule has 3 aromatic rings. The van der Waals surface area contributed by atoms with Crippen LogP contribution in [0.25, 0.3) is 22.4 Å². The number of rotatable bonds is 2. The number of Topliss-reactive ketones (excluding diaryl/α,β-unsaturated/α-hetero) is 2. The Morgan fingerprint density at radius 1 is 1.12 bits per heavy atom. The summed E-state index contributed by atoms with van der Waals surface area (Å²) in [5, 5.41) is 0.259. The minimum absolute atomic E-state index is 0.212.